The number of nitrogens with one attached hydrogen (secondary N) is 2. The largest absolute Gasteiger partial charge is 0.466 e. The Bertz CT molecular complexity index is 1050. The highest BCUT2D eigenvalue weighted by Crippen LogP contribution is 2.34. The molecule has 1 rings (SSSR count). The van der Waals surface area contributed by atoms with Crippen LogP contribution in [0.15, 0.2) is 0 Å². The summed E-state index contributed by atoms with van der Waals surface area (Å²) < 4.78 is 24.7. The summed E-state index contributed by atoms with van der Waals surface area (Å²) in [6.07, 6.45) is 4.40. The maximum Gasteiger partial charge on any atom is 0.407 e. The smallest absolute Gasteiger partial charge is 0.407 e. The number of unbranched alkanes of at least 4 members (excludes halogenated alkanes) is 4. The van der Waals surface area contributed by atoms with Crippen molar-refractivity contribution in [1.29, 1.82) is 0 Å². The van der Waals surface area contributed by atoms with Gasteiger partial charge in [0.2, 0.25) is 0 Å². The number of alkyl carbamates (subject to hydrolysis) is 2. The lowest BCUT2D eigenvalue weighted by molar-refractivity contribution is -0.170. The molecule has 4 unspecified atom stereocenters. The summed E-state index contributed by atoms with van der Waals surface area (Å²) in [7, 11) is 0. The summed E-state index contributed by atoms with van der Waals surface area (Å²) >= 11 is 0. The molecule has 0 aromatic rings. The first kappa shape index (κ1) is 43.2. The average Bonchev–Trinajstić information content (AvgIpc) is 3.06. The molecule has 1 aliphatic rings. The Hall–Kier alpha value is -3.79. The third-order valence-electron chi connectivity index (χ3n) is 7.76. The average molecular weight is 703 g/mol. The Morgan fingerprint density at radius 3 is 2.02 bits per heavy atom. The van der Waals surface area contributed by atoms with Crippen molar-refractivity contribution in [3.8, 4) is 0 Å². The fourth-order valence-electron chi connectivity index (χ4n) is 5.02. The standard InChI is InChI=1S/C33H54N2O14/c1-23(37)29(40)49-31(42)26-15-8-7-13-25(26)14-11-22-45-27(38)16-6-4-10-21-46-32(43)34-18-12-19-35-33(44)47-24(2)30(41)48-28(39)17-5-3-9-20-36/h23-26,36-37H,3-22H2,1-2H3,(H,34,43)(H,35,44). The number of aliphatic hydroxyl groups excluding tert-OH is 2. The van der Waals surface area contributed by atoms with E-state index in [4.69, 9.17) is 24.1 Å². The van der Waals surface area contributed by atoms with E-state index in [1.54, 1.807) is 0 Å². The molecule has 4 N–H and O–H groups in total. The van der Waals surface area contributed by atoms with Gasteiger partial charge in [0, 0.05) is 32.5 Å². The molecule has 1 aliphatic carbocycles. The molecule has 0 radical (unpaired) electrons. The summed E-state index contributed by atoms with van der Waals surface area (Å²) in [6, 6.07) is 0. The highest BCUT2D eigenvalue weighted by molar-refractivity contribution is 5.89. The Labute approximate surface area is 287 Å². The van der Waals surface area contributed by atoms with Gasteiger partial charge in [0.25, 0.3) is 0 Å². The minimum atomic E-state index is -1.36. The molecule has 1 saturated carbocycles. The molecular formula is C33H54N2O14. The van der Waals surface area contributed by atoms with Gasteiger partial charge < -0.3 is 44.5 Å². The van der Waals surface area contributed by atoms with E-state index in [0.717, 1.165) is 19.3 Å². The molecule has 0 saturated heterocycles. The summed E-state index contributed by atoms with van der Waals surface area (Å²) in [4.78, 5) is 83.1. The number of rotatable bonds is 23. The number of carbonyl (C=O) groups excluding carboxylic acids is 7. The molecule has 1 fully saturated rings. The van der Waals surface area contributed by atoms with Crippen LogP contribution in [-0.4, -0.2) is 97.4 Å². The van der Waals surface area contributed by atoms with Crippen LogP contribution in [0.1, 0.15) is 110 Å². The van der Waals surface area contributed by atoms with Gasteiger partial charge in [0.15, 0.2) is 6.10 Å². The van der Waals surface area contributed by atoms with Crippen LogP contribution in [0.25, 0.3) is 0 Å². The quantitative estimate of drug-likeness (QED) is 0.0519. The SMILES string of the molecule is CC(O)C(=O)OC(=O)C1CCCCC1CCCOC(=O)CCCCCOC(=O)NCCCNC(=O)OC(C)C(=O)OC(=O)CCCCCO. The third kappa shape index (κ3) is 21.0. The molecule has 4 atom stereocenters. The normalized spacial score (nSPS) is 16.7. The maximum absolute atomic E-state index is 12.4. The molecule has 0 bridgehead atoms. The van der Waals surface area contributed by atoms with Crippen LogP contribution in [0.2, 0.25) is 0 Å². The van der Waals surface area contributed by atoms with Gasteiger partial charge in [-0.05, 0) is 84.0 Å². The number of carbonyl (C=O) groups is 7. The fraction of sp³-hybridized carbons (Fsp3) is 0.788. The van der Waals surface area contributed by atoms with Gasteiger partial charge in [0.05, 0.1) is 19.1 Å². The van der Waals surface area contributed by atoms with Crippen molar-refractivity contribution in [2.24, 2.45) is 11.8 Å². The molecule has 0 aromatic carbocycles. The van der Waals surface area contributed by atoms with Crippen LogP contribution in [0.3, 0.4) is 0 Å². The minimum Gasteiger partial charge on any atom is -0.466 e. The number of hydrogen-bond donors (Lipinski definition) is 4. The number of amides is 2. The lowest BCUT2D eigenvalue weighted by atomic mass is 9.77. The zero-order chi connectivity index (χ0) is 36.4. The summed E-state index contributed by atoms with van der Waals surface area (Å²) in [6.45, 7) is 3.29. The van der Waals surface area contributed by atoms with Gasteiger partial charge in [-0.15, -0.1) is 0 Å². The van der Waals surface area contributed by atoms with E-state index in [0.29, 0.717) is 64.2 Å². The van der Waals surface area contributed by atoms with Gasteiger partial charge in [-0.3, -0.25) is 14.4 Å². The topological polar surface area (TPSA) is 230 Å². The molecule has 16 nitrogen and oxygen atoms in total. The summed E-state index contributed by atoms with van der Waals surface area (Å²) in [5.41, 5.74) is 0. The second kappa shape index (κ2) is 26.1. The van der Waals surface area contributed by atoms with Crippen LogP contribution < -0.4 is 10.6 Å². The van der Waals surface area contributed by atoms with Crippen molar-refractivity contribution in [2.45, 2.75) is 122 Å². The predicted octanol–water partition coefficient (Wildman–Crippen LogP) is 2.98. The van der Waals surface area contributed by atoms with Crippen molar-refractivity contribution in [3.05, 3.63) is 0 Å². The second-order valence-corrected chi connectivity index (χ2v) is 12.0. The number of ether oxygens (including phenoxy) is 5. The molecule has 0 aliphatic heterocycles. The van der Waals surface area contributed by atoms with Crippen molar-refractivity contribution in [1.82, 2.24) is 10.6 Å². The van der Waals surface area contributed by atoms with Crippen LogP contribution in [0.4, 0.5) is 9.59 Å². The van der Waals surface area contributed by atoms with E-state index in [1.807, 2.05) is 0 Å². The molecule has 0 aromatic heterocycles. The van der Waals surface area contributed by atoms with Crippen molar-refractivity contribution >= 4 is 42.0 Å². The first-order valence-corrected chi connectivity index (χ1v) is 17.2. The molecular weight excluding hydrogens is 648 g/mol. The number of aliphatic hydroxyl groups is 2. The first-order chi connectivity index (χ1) is 23.4. The minimum absolute atomic E-state index is 0.0176. The van der Waals surface area contributed by atoms with E-state index in [1.165, 1.54) is 13.8 Å². The Morgan fingerprint density at radius 1 is 0.694 bits per heavy atom. The lowest BCUT2D eigenvalue weighted by Crippen LogP contribution is -2.35. The highest BCUT2D eigenvalue weighted by Gasteiger charge is 2.33. The van der Waals surface area contributed by atoms with E-state index in [2.05, 4.69) is 15.4 Å². The zero-order valence-electron chi connectivity index (χ0n) is 28.7. The van der Waals surface area contributed by atoms with Gasteiger partial charge in [-0.1, -0.05) is 19.3 Å². The number of esters is 5. The Kier molecular flexibility index (Phi) is 23.1. The Balaban J connectivity index is 2.04. The van der Waals surface area contributed by atoms with Gasteiger partial charge in [-0.2, -0.15) is 0 Å². The van der Waals surface area contributed by atoms with E-state index >= 15 is 0 Å². The Morgan fingerprint density at radius 2 is 1.33 bits per heavy atom. The summed E-state index contributed by atoms with van der Waals surface area (Å²) in [5.74, 6) is -3.97. The molecule has 0 spiro atoms. The lowest BCUT2D eigenvalue weighted by Gasteiger charge is -2.29. The maximum atomic E-state index is 12.4. The first-order valence-electron chi connectivity index (χ1n) is 17.2. The monoisotopic (exact) mass is 702 g/mol. The van der Waals surface area contributed by atoms with Gasteiger partial charge in [0.1, 0.15) is 6.10 Å². The van der Waals surface area contributed by atoms with Crippen LogP contribution in [0.5, 0.6) is 0 Å². The van der Waals surface area contributed by atoms with Crippen molar-refractivity contribution < 1.29 is 67.5 Å². The molecule has 16 heteroatoms. The summed E-state index contributed by atoms with van der Waals surface area (Å²) in [5, 5.41) is 23.0. The van der Waals surface area contributed by atoms with Crippen molar-refractivity contribution in [3.63, 3.8) is 0 Å². The van der Waals surface area contributed by atoms with Gasteiger partial charge in [-0.25, -0.2) is 19.2 Å². The third-order valence-corrected chi connectivity index (χ3v) is 7.76. The number of hydrogen-bond acceptors (Lipinski definition) is 14. The second-order valence-electron chi connectivity index (χ2n) is 12.0. The highest BCUT2D eigenvalue weighted by atomic mass is 16.6. The predicted molar refractivity (Wildman–Crippen MR) is 171 cm³/mol. The molecule has 280 valence electrons. The van der Waals surface area contributed by atoms with E-state index in [-0.39, 0.29) is 57.6 Å². The molecule has 2 amide bonds. The van der Waals surface area contributed by atoms with Gasteiger partial charge >= 0.3 is 42.0 Å². The van der Waals surface area contributed by atoms with Crippen molar-refractivity contribution in [2.75, 3.05) is 32.9 Å². The molecule has 0 heterocycles. The van der Waals surface area contributed by atoms with Crippen LogP contribution in [-0.2, 0) is 47.7 Å². The van der Waals surface area contributed by atoms with Crippen LogP contribution >= 0.6 is 0 Å². The fourth-order valence-corrected chi connectivity index (χ4v) is 5.02. The van der Waals surface area contributed by atoms with Crippen LogP contribution in [0, 0.1) is 11.8 Å². The molecule has 49 heavy (non-hydrogen) atoms. The van der Waals surface area contributed by atoms with E-state index < -0.39 is 54.2 Å². The van der Waals surface area contributed by atoms with E-state index in [9.17, 15) is 38.7 Å². The zero-order valence-corrected chi connectivity index (χ0v) is 28.7.